The maximum atomic E-state index is 13.5. The molecule has 0 aliphatic carbocycles. The van der Waals surface area contributed by atoms with Crippen LogP contribution in [0.5, 0.6) is 0 Å². The Morgan fingerprint density at radius 1 is 1.07 bits per heavy atom. The van der Waals surface area contributed by atoms with Crippen LogP contribution < -0.4 is 10.3 Å². The standard InChI is InChI=1S/C21H16FN5OS/c22-16-5-3-14(4-6-16)18-19(15-7-9-23-10-8-15)27-21(25-18)26(12-11-24-27)20(28)17-2-1-13-29-17/h1-10,13,24H,11-12H2. The number of thiophene rings is 1. The molecule has 3 aromatic heterocycles. The average Bonchev–Trinajstić information content (AvgIpc) is 3.42. The van der Waals surface area contributed by atoms with Gasteiger partial charge in [0.1, 0.15) is 11.5 Å². The molecule has 1 aliphatic heterocycles. The first-order valence-electron chi connectivity index (χ1n) is 9.11. The average molecular weight is 405 g/mol. The Morgan fingerprint density at radius 2 is 1.86 bits per heavy atom. The van der Waals surface area contributed by atoms with Gasteiger partial charge in [-0.1, -0.05) is 6.07 Å². The fraction of sp³-hybridized carbons (Fsp3) is 0.0952. The number of aromatic nitrogens is 3. The number of rotatable bonds is 3. The first-order valence-corrected chi connectivity index (χ1v) is 9.98. The van der Waals surface area contributed by atoms with Gasteiger partial charge in [-0.3, -0.25) is 14.7 Å². The Labute approximate surface area is 170 Å². The summed E-state index contributed by atoms with van der Waals surface area (Å²) in [6, 6.07) is 13.7. The number of carbonyl (C=O) groups is 1. The predicted octanol–water partition coefficient (Wildman–Crippen LogP) is 4.02. The number of imidazole rings is 1. The van der Waals surface area contributed by atoms with E-state index in [-0.39, 0.29) is 11.7 Å². The lowest BCUT2D eigenvalue weighted by atomic mass is 10.1. The second-order valence-corrected chi connectivity index (χ2v) is 7.48. The molecule has 4 aromatic rings. The van der Waals surface area contributed by atoms with Gasteiger partial charge in [0, 0.05) is 36.6 Å². The van der Waals surface area contributed by atoms with E-state index in [0.717, 1.165) is 16.8 Å². The molecule has 0 radical (unpaired) electrons. The van der Waals surface area contributed by atoms with E-state index in [1.165, 1.54) is 23.5 Å². The van der Waals surface area contributed by atoms with Crippen molar-refractivity contribution in [3.05, 3.63) is 77.0 Å². The van der Waals surface area contributed by atoms with E-state index in [1.54, 1.807) is 29.4 Å². The van der Waals surface area contributed by atoms with Crippen LogP contribution in [0, 0.1) is 5.82 Å². The molecule has 0 saturated heterocycles. The van der Waals surface area contributed by atoms with Gasteiger partial charge in [-0.15, -0.1) is 11.3 Å². The van der Waals surface area contributed by atoms with Gasteiger partial charge >= 0.3 is 0 Å². The molecule has 29 heavy (non-hydrogen) atoms. The number of halogens is 1. The molecule has 8 heteroatoms. The molecule has 1 aliphatic rings. The molecular formula is C21H16FN5OS. The highest BCUT2D eigenvalue weighted by Crippen LogP contribution is 2.36. The van der Waals surface area contributed by atoms with Crippen molar-refractivity contribution < 1.29 is 9.18 Å². The number of hydrogen-bond acceptors (Lipinski definition) is 5. The summed E-state index contributed by atoms with van der Waals surface area (Å²) >= 11 is 1.41. The summed E-state index contributed by atoms with van der Waals surface area (Å²) in [5.74, 6) is 0.122. The molecule has 0 spiro atoms. The molecule has 6 nitrogen and oxygen atoms in total. The summed E-state index contributed by atoms with van der Waals surface area (Å²) in [7, 11) is 0. The van der Waals surface area contributed by atoms with Crippen LogP contribution in [0.2, 0.25) is 0 Å². The molecule has 1 N–H and O–H groups in total. The number of nitrogens with zero attached hydrogens (tertiary/aromatic N) is 4. The second-order valence-electron chi connectivity index (χ2n) is 6.53. The maximum absolute atomic E-state index is 13.5. The summed E-state index contributed by atoms with van der Waals surface area (Å²) < 4.78 is 15.3. The predicted molar refractivity (Wildman–Crippen MR) is 111 cm³/mol. The van der Waals surface area contributed by atoms with E-state index in [4.69, 9.17) is 4.98 Å². The molecule has 0 bridgehead atoms. The summed E-state index contributed by atoms with van der Waals surface area (Å²) in [6.07, 6.45) is 3.42. The number of benzene rings is 1. The number of nitrogens with one attached hydrogen (secondary N) is 1. The van der Waals surface area contributed by atoms with Crippen molar-refractivity contribution in [2.75, 3.05) is 23.4 Å². The van der Waals surface area contributed by atoms with E-state index in [1.807, 2.05) is 34.3 Å². The van der Waals surface area contributed by atoms with Crippen LogP contribution in [0.25, 0.3) is 22.5 Å². The van der Waals surface area contributed by atoms with Crippen LogP contribution in [0.1, 0.15) is 9.67 Å². The molecule has 4 heterocycles. The third kappa shape index (κ3) is 3.07. The van der Waals surface area contributed by atoms with Gasteiger partial charge in [-0.2, -0.15) is 0 Å². The molecule has 0 saturated carbocycles. The third-order valence-electron chi connectivity index (χ3n) is 4.75. The minimum absolute atomic E-state index is 0.0836. The van der Waals surface area contributed by atoms with Gasteiger partial charge in [-0.25, -0.2) is 14.1 Å². The third-order valence-corrected chi connectivity index (χ3v) is 5.61. The second kappa shape index (κ2) is 7.14. The van der Waals surface area contributed by atoms with Gasteiger partial charge in [0.25, 0.3) is 5.91 Å². The number of amides is 1. The number of pyridine rings is 1. The SMILES string of the molecule is O=C(c1cccs1)N1CCNn2c1nc(-c1ccc(F)cc1)c2-c1ccncc1. The molecule has 0 unspecified atom stereocenters. The number of hydrogen-bond donors (Lipinski definition) is 1. The number of carbonyl (C=O) groups excluding carboxylic acids is 1. The smallest absolute Gasteiger partial charge is 0.270 e. The molecule has 0 fully saturated rings. The van der Waals surface area contributed by atoms with Crippen molar-refractivity contribution >= 4 is 23.2 Å². The van der Waals surface area contributed by atoms with E-state index in [9.17, 15) is 9.18 Å². The minimum atomic E-state index is -0.309. The van der Waals surface area contributed by atoms with Gasteiger partial charge in [0.2, 0.25) is 5.95 Å². The van der Waals surface area contributed by atoms with Crippen molar-refractivity contribution in [1.82, 2.24) is 14.6 Å². The van der Waals surface area contributed by atoms with Crippen molar-refractivity contribution in [3.8, 4) is 22.5 Å². The van der Waals surface area contributed by atoms with Gasteiger partial charge in [-0.05, 0) is 47.8 Å². The van der Waals surface area contributed by atoms with E-state index in [2.05, 4.69) is 10.4 Å². The Hall–Kier alpha value is -3.52. The van der Waals surface area contributed by atoms with Gasteiger partial charge in [0.05, 0.1) is 10.6 Å². The lowest BCUT2D eigenvalue weighted by molar-refractivity contribution is 0.0988. The molecule has 144 valence electrons. The number of fused-ring (bicyclic) bond motifs is 1. The Bertz CT molecular complexity index is 1160. The van der Waals surface area contributed by atoms with Crippen molar-refractivity contribution in [2.45, 2.75) is 0 Å². The molecule has 0 atom stereocenters. The van der Waals surface area contributed by atoms with Crippen molar-refractivity contribution in [1.29, 1.82) is 0 Å². The first-order chi connectivity index (χ1) is 14.2. The first kappa shape index (κ1) is 17.6. The summed E-state index contributed by atoms with van der Waals surface area (Å²) in [5, 5.41) is 1.88. The zero-order valence-electron chi connectivity index (χ0n) is 15.2. The van der Waals surface area contributed by atoms with E-state index in [0.29, 0.717) is 29.6 Å². The Balaban J connectivity index is 1.70. The van der Waals surface area contributed by atoms with Crippen LogP contribution in [0.3, 0.4) is 0 Å². The van der Waals surface area contributed by atoms with E-state index >= 15 is 0 Å². The van der Waals surface area contributed by atoms with Crippen LogP contribution in [-0.4, -0.2) is 33.6 Å². The largest absolute Gasteiger partial charge is 0.321 e. The summed E-state index contributed by atoms with van der Waals surface area (Å²) in [5.41, 5.74) is 6.47. The fourth-order valence-corrected chi connectivity index (χ4v) is 4.10. The van der Waals surface area contributed by atoms with Crippen LogP contribution in [0.4, 0.5) is 10.3 Å². The maximum Gasteiger partial charge on any atom is 0.270 e. The van der Waals surface area contributed by atoms with E-state index < -0.39 is 0 Å². The molecule has 1 amide bonds. The van der Waals surface area contributed by atoms with Crippen molar-refractivity contribution in [2.24, 2.45) is 0 Å². The van der Waals surface area contributed by atoms with Gasteiger partial charge < -0.3 is 5.43 Å². The fourth-order valence-electron chi connectivity index (χ4n) is 3.42. The quantitative estimate of drug-likeness (QED) is 0.559. The monoisotopic (exact) mass is 405 g/mol. The van der Waals surface area contributed by atoms with Gasteiger partial charge in [0.15, 0.2) is 0 Å². The van der Waals surface area contributed by atoms with Crippen molar-refractivity contribution in [3.63, 3.8) is 0 Å². The Kier molecular flexibility index (Phi) is 4.33. The topological polar surface area (TPSA) is 63.1 Å². The normalized spacial score (nSPS) is 13.1. The highest BCUT2D eigenvalue weighted by Gasteiger charge is 2.30. The zero-order valence-corrected chi connectivity index (χ0v) is 16.1. The van der Waals surface area contributed by atoms with Crippen LogP contribution in [0.15, 0.2) is 66.3 Å². The lowest BCUT2D eigenvalue weighted by Crippen LogP contribution is -2.43. The molecule has 1 aromatic carbocycles. The minimum Gasteiger partial charge on any atom is -0.321 e. The summed E-state index contributed by atoms with van der Waals surface area (Å²) in [6.45, 7) is 1.09. The summed E-state index contributed by atoms with van der Waals surface area (Å²) in [4.78, 5) is 24.3. The highest BCUT2D eigenvalue weighted by atomic mass is 32.1. The zero-order chi connectivity index (χ0) is 19.8. The molecular weight excluding hydrogens is 389 g/mol. The van der Waals surface area contributed by atoms with Crippen LogP contribution in [-0.2, 0) is 0 Å². The lowest BCUT2D eigenvalue weighted by Gasteiger charge is -2.28. The molecule has 5 rings (SSSR count). The Morgan fingerprint density at radius 3 is 2.59 bits per heavy atom. The highest BCUT2D eigenvalue weighted by molar-refractivity contribution is 7.12. The van der Waals surface area contributed by atoms with Crippen LogP contribution >= 0.6 is 11.3 Å². The number of anilines is 1.